The molecular weight excluding hydrogens is 293 g/mol. The number of rotatable bonds is 4. The summed E-state index contributed by atoms with van der Waals surface area (Å²) < 4.78 is 13.7. The van der Waals surface area contributed by atoms with Gasteiger partial charge >= 0.3 is 0 Å². The topological polar surface area (TPSA) is 66.5 Å². The molecule has 0 saturated heterocycles. The first-order valence-electron chi connectivity index (χ1n) is 6.24. The van der Waals surface area contributed by atoms with Gasteiger partial charge in [-0.05, 0) is 29.5 Å². The number of halogens is 2. The van der Waals surface area contributed by atoms with E-state index in [-0.39, 0.29) is 5.82 Å². The van der Waals surface area contributed by atoms with Crippen molar-refractivity contribution in [2.45, 2.75) is 6.54 Å². The fourth-order valence-electron chi connectivity index (χ4n) is 1.91. The van der Waals surface area contributed by atoms with Gasteiger partial charge in [-0.1, -0.05) is 29.8 Å². The zero-order chi connectivity index (χ0) is 14.7. The van der Waals surface area contributed by atoms with Gasteiger partial charge in [0, 0.05) is 28.4 Å². The zero-order valence-corrected chi connectivity index (χ0v) is 11.6. The molecule has 0 spiro atoms. The minimum absolute atomic E-state index is 0.329. The lowest BCUT2D eigenvalue weighted by molar-refractivity contribution is 0.613. The molecule has 0 atom stereocenters. The average molecular weight is 304 g/mol. The monoisotopic (exact) mass is 303 g/mol. The Kier molecular flexibility index (Phi) is 3.79. The number of tetrazole rings is 1. The Hall–Kier alpha value is -2.47. The summed E-state index contributed by atoms with van der Waals surface area (Å²) in [4.78, 5) is 0. The highest BCUT2D eigenvalue weighted by atomic mass is 35.5. The van der Waals surface area contributed by atoms with Crippen LogP contribution in [0.15, 0.2) is 42.5 Å². The van der Waals surface area contributed by atoms with Gasteiger partial charge < -0.3 is 5.32 Å². The normalized spacial score (nSPS) is 10.6. The summed E-state index contributed by atoms with van der Waals surface area (Å²) in [6, 6.07) is 12.1. The lowest BCUT2D eigenvalue weighted by atomic mass is 10.1. The van der Waals surface area contributed by atoms with E-state index in [0.29, 0.717) is 23.0 Å². The van der Waals surface area contributed by atoms with E-state index >= 15 is 0 Å². The van der Waals surface area contributed by atoms with Gasteiger partial charge in [0.15, 0.2) is 0 Å². The van der Waals surface area contributed by atoms with Crippen LogP contribution in [-0.2, 0) is 6.54 Å². The molecule has 0 aliphatic rings. The van der Waals surface area contributed by atoms with E-state index in [0.717, 1.165) is 11.3 Å². The largest absolute Gasteiger partial charge is 0.381 e. The van der Waals surface area contributed by atoms with Crippen molar-refractivity contribution in [3.63, 3.8) is 0 Å². The van der Waals surface area contributed by atoms with Gasteiger partial charge in [-0.3, -0.25) is 0 Å². The first-order valence-corrected chi connectivity index (χ1v) is 6.62. The van der Waals surface area contributed by atoms with Crippen molar-refractivity contribution in [2.24, 2.45) is 0 Å². The first-order chi connectivity index (χ1) is 10.2. The molecule has 0 bridgehead atoms. The third-order valence-corrected chi connectivity index (χ3v) is 3.20. The molecule has 5 nitrogen and oxygen atoms in total. The van der Waals surface area contributed by atoms with E-state index in [1.54, 1.807) is 12.1 Å². The smallest absolute Gasteiger partial charge is 0.204 e. The van der Waals surface area contributed by atoms with Gasteiger partial charge in [0.2, 0.25) is 5.82 Å². The number of aromatic amines is 1. The molecule has 3 aromatic rings. The molecule has 0 amide bonds. The molecule has 1 heterocycles. The number of hydrogen-bond donors (Lipinski definition) is 2. The van der Waals surface area contributed by atoms with Crippen LogP contribution in [0.4, 0.5) is 10.1 Å². The Labute approximate surface area is 125 Å². The highest BCUT2D eigenvalue weighted by Gasteiger charge is 2.05. The summed E-state index contributed by atoms with van der Waals surface area (Å²) >= 11 is 5.73. The van der Waals surface area contributed by atoms with Crippen LogP contribution in [0, 0.1) is 5.82 Å². The summed E-state index contributed by atoms with van der Waals surface area (Å²) in [6.45, 7) is 0.360. The number of nitrogens with zero attached hydrogens (tertiary/aromatic N) is 3. The molecule has 1 aromatic heterocycles. The molecule has 0 saturated carbocycles. The molecule has 21 heavy (non-hydrogen) atoms. The van der Waals surface area contributed by atoms with Crippen LogP contribution in [0.5, 0.6) is 0 Å². The third kappa shape index (κ3) is 3.17. The van der Waals surface area contributed by atoms with E-state index in [9.17, 15) is 4.39 Å². The zero-order valence-electron chi connectivity index (χ0n) is 10.8. The molecule has 0 unspecified atom stereocenters. The van der Waals surface area contributed by atoms with Crippen LogP contribution in [0.1, 0.15) is 5.56 Å². The fraction of sp³-hybridized carbons (Fsp3) is 0.0714. The number of benzene rings is 2. The highest BCUT2D eigenvalue weighted by molar-refractivity contribution is 6.30. The Morgan fingerprint density at radius 3 is 2.86 bits per heavy atom. The number of nitrogens with one attached hydrogen (secondary N) is 2. The second-order valence-corrected chi connectivity index (χ2v) is 4.84. The van der Waals surface area contributed by atoms with E-state index in [2.05, 4.69) is 25.9 Å². The highest BCUT2D eigenvalue weighted by Crippen LogP contribution is 2.20. The maximum atomic E-state index is 13.7. The summed E-state index contributed by atoms with van der Waals surface area (Å²) in [5.74, 6) is 0.181. The molecule has 2 aromatic carbocycles. The van der Waals surface area contributed by atoms with Crippen LogP contribution in [-0.4, -0.2) is 20.6 Å². The van der Waals surface area contributed by atoms with Gasteiger partial charge in [-0.15, -0.1) is 10.2 Å². The van der Waals surface area contributed by atoms with E-state index in [1.165, 1.54) is 6.07 Å². The molecule has 106 valence electrons. The molecule has 0 aliphatic heterocycles. The quantitative estimate of drug-likeness (QED) is 0.776. The Morgan fingerprint density at radius 1 is 1.19 bits per heavy atom. The third-order valence-electron chi connectivity index (χ3n) is 2.96. The van der Waals surface area contributed by atoms with Gasteiger partial charge in [-0.25, -0.2) is 4.39 Å². The van der Waals surface area contributed by atoms with Crippen LogP contribution < -0.4 is 5.32 Å². The van der Waals surface area contributed by atoms with Crippen molar-refractivity contribution >= 4 is 17.3 Å². The molecule has 0 radical (unpaired) electrons. The Morgan fingerprint density at radius 2 is 2.10 bits per heavy atom. The predicted octanol–water partition coefficient (Wildman–Crippen LogP) is 3.27. The number of H-pyrrole nitrogens is 1. The predicted molar refractivity (Wildman–Crippen MR) is 78.4 cm³/mol. The molecule has 0 fully saturated rings. The number of aromatic nitrogens is 4. The van der Waals surface area contributed by atoms with Gasteiger partial charge in [0.1, 0.15) is 5.82 Å². The van der Waals surface area contributed by atoms with Crippen molar-refractivity contribution < 1.29 is 4.39 Å². The molecular formula is C14H11ClFN5. The van der Waals surface area contributed by atoms with Gasteiger partial charge in [0.05, 0.1) is 0 Å². The van der Waals surface area contributed by atoms with Crippen LogP contribution in [0.3, 0.4) is 0 Å². The van der Waals surface area contributed by atoms with Crippen LogP contribution in [0.25, 0.3) is 11.4 Å². The number of hydrogen-bond acceptors (Lipinski definition) is 4. The van der Waals surface area contributed by atoms with E-state index < -0.39 is 0 Å². The van der Waals surface area contributed by atoms with E-state index in [4.69, 9.17) is 11.6 Å². The standard InChI is InChI=1S/C14H11ClFN5/c15-11-5-4-10(13(16)7-11)8-17-12-3-1-2-9(6-12)14-18-20-21-19-14/h1-7,17H,8H2,(H,18,19,20,21). The summed E-state index contributed by atoms with van der Waals surface area (Å²) in [5.41, 5.74) is 2.21. The fourth-order valence-corrected chi connectivity index (χ4v) is 2.07. The SMILES string of the molecule is Fc1cc(Cl)ccc1CNc1cccc(-c2nn[nH]n2)c1. The molecule has 2 N–H and O–H groups in total. The molecule has 0 aliphatic carbocycles. The van der Waals surface area contributed by atoms with Crippen molar-refractivity contribution in [2.75, 3.05) is 5.32 Å². The minimum Gasteiger partial charge on any atom is -0.381 e. The summed E-state index contributed by atoms with van der Waals surface area (Å²) in [5, 5.41) is 17.3. The lowest BCUT2D eigenvalue weighted by Gasteiger charge is -2.08. The van der Waals surface area contributed by atoms with Crippen molar-refractivity contribution in [3.8, 4) is 11.4 Å². The second-order valence-electron chi connectivity index (χ2n) is 4.41. The van der Waals surface area contributed by atoms with Crippen LogP contribution in [0.2, 0.25) is 5.02 Å². The van der Waals surface area contributed by atoms with Crippen molar-refractivity contribution in [1.82, 2.24) is 20.6 Å². The molecule has 3 rings (SSSR count). The number of anilines is 1. The maximum Gasteiger partial charge on any atom is 0.204 e. The summed E-state index contributed by atoms with van der Waals surface area (Å²) in [6.07, 6.45) is 0. The first kappa shape index (κ1) is 13.5. The van der Waals surface area contributed by atoms with E-state index in [1.807, 2.05) is 24.3 Å². The minimum atomic E-state index is -0.329. The summed E-state index contributed by atoms with van der Waals surface area (Å²) in [7, 11) is 0. The second kappa shape index (κ2) is 5.88. The van der Waals surface area contributed by atoms with Gasteiger partial charge in [-0.2, -0.15) is 5.21 Å². The molecule has 7 heteroatoms. The van der Waals surface area contributed by atoms with Crippen molar-refractivity contribution in [3.05, 3.63) is 58.9 Å². The Balaban J connectivity index is 1.75. The van der Waals surface area contributed by atoms with Gasteiger partial charge in [0.25, 0.3) is 0 Å². The van der Waals surface area contributed by atoms with Crippen LogP contribution >= 0.6 is 11.6 Å². The average Bonchev–Trinajstić information content (AvgIpc) is 3.01. The lowest BCUT2D eigenvalue weighted by Crippen LogP contribution is -2.01. The van der Waals surface area contributed by atoms with Crippen molar-refractivity contribution in [1.29, 1.82) is 0 Å². The maximum absolute atomic E-state index is 13.7. The Bertz CT molecular complexity index is 745.